The van der Waals surface area contributed by atoms with Gasteiger partial charge in [-0.25, -0.2) is 4.79 Å². The predicted molar refractivity (Wildman–Crippen MR) is 85.8 cm³/mol. The van der Waals surface area contributed by atoms with Crippen molar-refractivity contribution in [2.45, 2.75) is 20.0 Å². The average molecular weight is 308 g/mol. The molecule has 2 rings (SSSR count). The van der Waals surface area contributed by atoms with Crippen molar-refractivity contribution in [2.24, 2.45) is 0 Å². The van der Waals surface area contributed by atoms with Crippen molar-refractivity contribution in [1.29, 1.82) is 5.26 Å². The number of hydrogen-bond donors (Lipinski definition) is 1. The molecule has 0 aliphatic rings. The quantitative estimate of drug-likeness (QED) is 0.880. The molecule has 0 unspecified atom stereocenters. The highest BCUT2D eigenvalue weighted by Gasteiger charge is 2.19. The first kappa shape index (κ1) is 16.2. The zero-order valence-electron chi connectivity index (χ0n) is 12.9. The monoisotopic (exact) mass is 308 g/mol. The molecular formula is C18H16N2O3. The molecule has 0 aliphatic heterocycles. The Kier molecular flexibility index (Phi) is 5.11. The summed E-state index contributed by atoms with van der Waals surface area (Å²) < 4.78 is 5.14. The number of anilines is 1. The smallest absolute Gasteiger partial charge is 0.338 e. The van der Waals surface area contributed by atoms with Crippen LogP contribution in [-0.2, 0) is 9.53 Å². The average Bonchev–Trinajstić information content (AvgIpc) is 2.54. The van der Waals surface area contributed by atoms with Gasteiger partial charge in [-0.15, -0.1) is 0 Å². The van der Waals surface area contributed by atoms with Crippen LogP contribution in [0.4, 0.5) is 5.69 Å². The summed E-state index contributed by atoms with van der Waals surface area (Å²) in [6, 6.07) is 15.3. The third-order valence-electron chi connectivity index (χ3n) is 3.19. The van der Waals surface area contributed by atoms with Gasteiger partial charge >= 0.3 is 5.97 Å². The molecular weight excluding hydrogens is 292 g/mol. The molecule has 0 saturated heterocycles. The lowest BCUT2D eigenvalue weighted by Gasteiger charge is -2.14. The maximum atomic E-state index is 12.1. The van der Waals surface area contributed by atoms with Crippen molar-refractivity contribution in [1.82, 2.24) is 0 Å². The van der Waals surface area contributed by atoms with Crippen molar-refractivity contribution in [3.05, 3.63) is 65.2 Å². The maximum Gasteiger partial charge on any atom is 0.338 e. The van der Waals surface area contributed by atoms with E-state index in [4.69, 9.17) is 10.00 Å². The Labute approximate surface area is 134 Å². The van der Waals surface area contributed by atoms with Crippen molar-refractivity contribution in [3.8, 4) is 6.07 Å². The van der Waals surface area contributed by atoms with Crippen LogP contribution in [0.25, 0.3) is 0 Å². The Morgan fingerprint density at radius 2 is 1.87 bits per heavy atom. The number of benzene rings is 2. The summed E-state index contributed by atoms with van der Waals surface area (Å²) in [7, 11) is 0. The van der Waals surface area contributed by atoms with Gasteiger partial charge in [-0.3, -0.25) is 4.79 Å². The highest BCUT2D eigenvalue weighted by Crippen LogP contribution is 2.11. The highest BCUT2D eigenvalue weighted by atomic mass is 16.5. The summed E-state index contributed by atoms with van der Waals surface area (Å²) in [5.41, 5.74) is 2.41. The minimum atomic E-state index is -0.932. The molecule has 5 nitrogen and oxygen atoms in total. The molecule has 0 aliphatic carbocycles. The van der Waals surface area contributed by atoms with E-state index in [1.807, 2.05) is 31.2 Å². The zero-order valence-corrected chi connectivity index (χ0v) is 12.9. The Balaban J connectivity index is 1.97. The molecule has 116 valence electrons. The number of nitrogens with one attached hydrogen (secondary N) is 1. The number of nitriles is 1. The standard InChI is InChI=1S/C18H16N2O3/c1-12-4-3-5-16(10-12)20-17(21)13(2)23-18(22)15-8-6-14(11-19)7-9-15/h3-10,13H,1-2H3,(H,20,21)/t13-/m0/s1. The molecule has 0 bridgehead atoms. The fourth-order valence-electron chi connectivity index (χ4n) is 1.93. The van der Waals surface area contributed by atoms with E-state index >= 15 is 0 Å². The zero-order chi connectivity index (χ0) is 16.8. The molecule has 2 aromatic carbocycles. The van der Waals surface area contributed by atoms with Gasteiger partial charge in [-0.2, -0.15) is 5.26 Å². The number of ether oxygens (including phenoxy) is 1. The molecule has 0 spiro atoms. The molecule has 5 heteroatoms. The van der Waals surface area contributed by atoms with Crippen molar-refractivity contribution in [2.75, 3.05) is 5.32 Å². The summed E-state index contributed by atoms with van der Waals surface area (Å²) >= 11 is 0. The third kappa shape index (κ3) is 4.42. The predicted octanol–water partition coefficient (Wildman–Crippen LogP) is 3.05. The number of hydrogen-bond acceptors (Lipinski definition) is 4. The van der Waals surface area contributed by atoms with Crippen LogP contribution in [0, 0.1) is 18.3 Å². The number of nitrogens with zero attached hydrogens (tertiary/aromatic N) is 1. The van der Waals surface area contributed by atoms with E-state index in [1.165, 1.54) is 31.2 Å². The second-order valence-electron chi connectivity index (χ2n) is 5.10. The number of aryl methyl sites for hydroxylation is 1. The minimum absolute atomic E-state index is 0.291. The van der Waals surface area contributed by atoms with E-state index in [-0.39, 0.29) is 0 Å². The number of esters is 1. The van der Waals surface area contributed by atoms with Gasteiger partial charge in [0.15, 0.2) is 6.10 Å². The molecule has 1 N–H and O–H groups in total. The van der Waals surface area contributed by atoms with Crippen LogP contribution in [0.15, 0.2) is 48.5 Å². The van der Waals surface area contributed by atoms with Crippen LogP contribution >= 0.6 is 0 Å². The molecule has 0 fully saturated rings. The molecule has 1 amide bonds. The van der Waals surface area contributed by atoms with Crippen molar-refractivity contribution < 1.29 is 14.3 Å². The molecule has 0 saturated carbocycles. The van der Waals surface area contributed by atoms with Crippen LogP contribution < -0.4 is 5.32 Å². The Morgan fingerprint density at radius 1 is 1.17 bits per heavy atom. The van der Waals surface area contributed by atoms with Crippen molar-refractivity contribution >= 4 is 17.6 Å². The van der Waals surface area contributed by atoms with E-state index in [0.717, 1.165) is 5.56 Å². The van der Waals surface area contributed by atoms with E-state index in [1.54, 1.807) is 6.07 Å². The highest BCUT2D eigenvalue weighted by molar-refractivity contribution is 5.97. The van der Waals surface area contributed by atoms with Gasteiger partial charge in [0.2, 0.25) is 0 Å². The van der Waals surface area contributed by atoms with E-state index < -0.39 is 18.0 Å². The number of carbonyl (C=O) groups excluding carboxylic acids is 2. The summed E-state index contributed by atoms with van der Waals surface area (Å²) in [4.78, 5) is 24.0. The number of rotatable bonds is 4. The van der Waals surface area contributed by atoms with Crippen LogP contribution in [0.3, 0.4) is 0 Å². The lowest BCUT2D eigenvalue weighted by molar-refractivity contribution is -0.123. The third-order valence-corrected chi connectivity index (χ3v) is 3.19. The molecule has 0 aromatic heterocycles. The van der Waals surface area contributed by atoms with Crippen molar-refractivity contribution in [3.63, 3.8) is 0 Å². The summed E-state index contributed by atoms with van der Waals surface area (Å²) in [5, 5.41) is 11.4. The van der Waals surface area contributed by atoms with Gasteiger partial charge in [0.1, 0.15) is 0 Å². The van der Waals surface area contributed by atoms with E-state index in [2.05, 4.69) is 5.32 Å². The summed E-state index contributed by atoms with van der Waals surface area (Å²) in [6.45, 7) is 3.43. The topological polar surface area (TPSA) is 79.2 Å². The summed E-state index contributed by atoms with van der Waals surface area (Å²) in [6.07, 6.45) is -0.932. The van der Waals surface area contributed by atoms with Crippen LogP contribution in [0.1, 0.15) is 28.4 Å². The van der Waals surface area contributed by atoms with Gasteiger partial charge in [0.05, 0.1) is 17.2 Å². The molecule has 1 atom stereocenters. The Hall–Kier alpha value is -3.13. The lowest BCUT2D eigenvalue weighted by atomic mass is 10.1. The lowest BCUT2D eigenvalue weighted by Crippen LogP contribution is -2.30. The molecule has 0 radical (unpaired) electrons. The molecule has 23 heavy (non-hydrogen) atoms. The molecule has 0 heterocycles. The first-order chi connectivity index (χ1) is 11.0. The van der Waals surface area contributed by atoms with Gasteiger partial charge in [0.25, 0.3) is 5.91 Å². The van der Waals surface area contributed by atoms with Crippen LogP contribution in [0.5, 0.6) is 0 Å². The second kappa shape index (κ2) is 7.23. The maximum absolute atomic E-state index is 12.1. The normalized spacial score (nSPS) is 11.2. The largest absolute Gasteiger partial charge is 0.449 e. The van der Waals surface area contributed by atoms with Gasteiger partial charge in [-0.1, -0.05) is 12.1 Å². The van der Waals surface area contributed by atoms with E-state index in [0.29, 0.717) is 16.8 Å². The van der Waals surface area contributed by atoms with Gasteiger partial charge in [0, 0.05) is 5.69 Å². The van der Waals surface area contributed by atoms with Gasteiger partial charge in [-0.05, 0) is 55.8 Å². The van der Waals surface area contributed by atoms with Gasteiger partial charge < -0.3 is 10.1 Å². The minimum Gasteiger partial charge on any atom is -0.449 e. The number of amides is 1. The fraction of sp³-hybridized carbons (Fsp3) is 0.167. The Morgan fingerprint density at radius 3 is 2.48 bits per heavy atom. The SMILES string of the molecule is Cc1cccc(NC(=O)[C@H](C)OC(=O)c2ccc(C#N)cc2)c1. The number of carbonyl (C=O) groups is 2. The van der Waals surface area contributed by atoms with E-state index in [9.17, 15) is 9.59 Å². The fourth-order valence-corrected chi connectivity index (χ4v) is 1.93. The van der Waals surface area contributed by atoms with Crippen LogP contribution in [-0.4, -0.2) is 18.0 Å². The summed E-state index contributed by atoms with van der Waals surface area (Å²) in [5.74, 6) is -1.01. The first-order valence-electron chi connectivity index (χ1n) is 7.08. The van der Waals surface area contributed by atoms with Crippen LogP contribution in [0.2, 0.25) is 0 Å². The second-order valence-corrected chi connectivity index (χ2v) is 5.10. The Bertz CT molecular complexity index is 761. The first-order valence-corrected chi connectivity index (χ1v) is 7.08. The molecule has 2 aromatic rings.